The van der Waals surface area contributed by atoms with Crippen molar-refractivity contribution in [1.82, 2.24) is 15.5 Å². The molecule has 1 saturated heterocycles. The van der Waals surface area contributed by atoms with E-state index >= 15 is 0 Å². The molecule has 5 nitrogen and oxygen atoms in total. The van der Waals surface area contributed by atoms with Crippen LogP contribution in [0.15, 0.2) is 0 Å². The summed E-state index contributed by atoms with van der Waals surface area (Å²) in [7, 11) is 1.65. The zero-order valence-electron chi connectivity index (χ0n) is 13.4. The maximum Gasteiger partial charge on any atom is 0.234 e. The molecule has 0 aromatic carbocycles. The number of nitrogens with one attached hydrogen (secondary N) is 2. The van der Waals surface area contributed by atoms with E-state index in [1.54, 1.807) is 7.11 Å². The van der Waals surface area contributed by atoms with Crippen LogP contribution in [0.3, 0.4) is 0 Å². The number of rotatable bonds is 8. The Balaban J connectivity index is 2.39. The van der Waals surface area contributed by atoms with Gasteiger partial charge in [-0.15, -0.1) is 0 Å². The summed E-state index contributed by atoms with van der Waals surface area (Å²) < 4.78 is 5.04. The van der Waals surface area contributed by atoms with Gasteiger partial charge >= 0.3 is 0 Å². The van der Waals surface area contributed by atoms with Gasteiger partial charge < -0.3 is 15.4 Å². The monoisotopic (exact) mass is 285 g/mol. The van der Waals surface area contributed by atoms with Crippen molar-refractivity contribution < 1.29 is 9.53 Å². The van der Waals surface area contributed by atoms with Gasteiger partial charge in [-0.3, -0.25) is 9.69 Å². The number of hydrogen-bond acceptors (Lipinski definition) is 4. The predicted octanol–water partition coefficient (Wildman–Crippen LogP) is 0.848. The lowest BCUT2D eigenvalue weighted by molar-refractivity contribution is -0.123. The Kier molecular flexibility index (Phi) is 8.11. The number of nitrogens with zero attached hydrogens (tertiary/aromatic N) is 1. The Labute approximate surface area is 123 Å². The highest BCUT2D eigenvalue weighted by Crippen LogP contribution is 2.13. The maximum absolute atomic E-state index is 12.1. The predicted molar refractivity (Wildman–Crippen MR) is 81.8 cm³/mol. The summed E-state index contributed by atoms with van der Waals surface area (Å²) in [5.41, 5.74) is 0. The van der Waals surface area contributed by atoms with Gasteiger partial charge in [0.2, 0.25) is 5.91 Å². The molecule has 0 spiro atoms. The average molecular weight is 285 g/mol. The largest absolute Gasteiger partial charge is 0.383 e. The minimum atomic E-state index is 0.0675. The van der Waals surface area contributed by atoms with E-state index in [0.29, 0.717) is 25.1 Å². The molecular formula is C15H31N3O2. The van der Waals surface area contributed by atoms with Crippen molar-refractivity contribution in [3.05, 3.63) is 0 Å². The first-order chi connectivity index (χ1) is 9.52. The van der Waals surface area contributed by atoms with Gasteiger partial charge in [0.15, 0.2) is 0 Å². The number of hydrogen-bond donors (Lipinski definition) is 2. The highest BCUT2D eigenvalue weighted by molar-refractivity contribution is 5.78. The second kappa shape index (κ2) is 9.32. The minimum Gasteiger partial charge on any atom is -0.383 e. The van der Waals surface area contributed by atoms with E-state index in [2.05, 4.69) is 29.4 Å². The SMILES string of the molecule is COCC(C)NC(=O)CN(CC1CCCNC1)C(C)C. The lowest BCUT2D eigenvalue weighted by atomic mass is 9.98. The molecule has 0 saturated carbocycles. The van der Waals surface area contributed by atoms with Gasteiger partial charge in [0, 0.05) is 25.7 Å². The molecule has 5 heteroatoms. The molecule has 1 fully saturated rings. The highest BCUT2D eigenvalue weighted by Gasteiger charge is 2.21. The first-order valence-electron chi connectivity index (χ1n) is 7.76. The van der Waals surface area contributed by atoms with E-state index in [-0.39, 0.29) is 11.9 Å². The molecule has 0 aliphatic carbocycles. The second-order valence-corrected chi connectivity index (χ2v) is 6.16. The van der Waals surface area contributed by atoms with Crippen LogP contribution in [0, 0.1) is 5.92 Å². The lowest BCUT2D eigenvalue weighted by Gasteiger charge is -2.32. The Bertz CT molecular complexity index is 278. The summed E-state index contributed by atoms with van der Waals surface area (Å²) >= 11 is 0. The van der Waals surface area contributed by atoms with Gasteiger partial charge in [0.05, 0.1) is 13.2 Å². The van der Waals surface area contributed by atoms with E-state index in [9.17, 15) is 4.79 Å². The molecule has 2 unspecified atom stereocenters. The Morgan fingerprint density at radius 1 is 1.45 bits per heavy atom. The van der Waals surface area contributed by atoms with Gasteiger partial charge in [0.1, 0.15) is 0 Å². The second-order valence-electron chi connectivity index (χ2n) is 6.16. The minimum absolute atomic E-state index is 0.0675. The van der Waals surface area contributed by atoms with Crippen LogP contribution in [0.2, 0.25) is 0 Å². The number of methoxy groups -OCH3 is 1. The molecule has 20 heavy (non-hydrogen) atoms. The maximum atomic E-state index is 12.1. The summed E-state index contributed by atoms with van der Waals surface area (Å²) in [5.74, 6) is 0.752. The molecule has 118 valence electrons. The first kappa shape index (κ1) is 17.4. The molecule has 1 aliphatic heterocycles. The number of ether oxygens (including phenoxy) is 1. The Hall–Kier alpha value is -0.650. The van der Waals surface area contributed by atoms with E-state index in [0.717, 1.165) is 19.6 Å². The van der Waals surface area contributed by atoms with Crippen LogP contribution in [0.25, 0.3) is 0 Å². The number of amides is 1. The van der Waals surface area contributed by atoms with E-state index in [1.165, 1.54) is 12.8 Å². The Morgan fingerprint density at radius 3 is 2.75 bits per heavy atom. The molecule has 1 amide bonds. The van der Waals surface area contributed by atoms with Crippen LogP contribution in [0.5, 0.6) is 0 Å². The van der Waals surface area contributed by atoms with Crippen LogP contribution >= 0.6 is 0 Å². The van der Waals surface area contributed by atoms with Crippen molar-refractivity contribution in [2.75, 3.05) is 39.9 Å². The van der Waals surface area contributed by atoms with Crippen molar-refractivity contribution in [3.8, 4) is 0 Å². The fourth-order valence-electron chi connectivity index (χ4n) is 2.67. The summed E-state index contributed by atoms with van der Waals surface area (Å²) in [6, 6.07) is 0.457. The first-order valence-corrected chi connectivity index (χ1v) is 7.76. The molecule has 1 heterocycles. The van der Waals surface area contributed by atoms with Gasteiger partial charge in [-0.25, -0.2) is 0 Å². The zero-order chi connectivity index (χ0) is 15.0. The normalized spacial score (nSPS) is 21.2. The van der Waals surface area contributed by atoms with E-state index < -0.39 is 0 Å². The van der Waals surface area contributed by atoms with Crippen LogP contribution in [0.1, 0.15) is 33.6 Å². The fraction of sp³-hybridized carbons (Fsp3) is 0.933. The summed E-state index contributed by atoms with van der Waals surface area (Å²) in [4.78, 5) is 14.3. The summed E-state index contributed by atoms with van der Waals surface area (Å²) in [6.07, 6.45) is 2.51. The summed E-state index contributed by atoms with van der Waals surface area (Å²) in [6.45, 7) is 10.5. The Morgan fingerprint density at radius 2 is 2.20 bits per heavy atom. The topological polar surface area (TPSA) is 53.6 Å². The zero-order valence-corrected chi connectivity index (χ0v) is 13.4. The van der Waals surface area contributed by atoms with Crippen LogP contribution < -0.4 is 10.6 Å². The summed E-state index contributed by atoms with van der Waals surface area (Å²) in [5, 5.41) is 6.42. The third-order valence-electron chi connectivity index (χ3n) is 3.79. The number of carbonyl (C=O) groups excluding carboxylic acids is 1. The molecule has 0 aromatic rings. The van der Waals surface area contributed by atoms with Crippen molar-refractivity contribution in [3.63, 3.8) is 0 Å². The van der Waals surface area contributed by atoms with Gasteiger partial charge in [-0.05, 0) is 52.6 Å². The average Bonchev–Trinajstić information content (AvgIpc) is 2.39. The van der Waals surface area contributed by atoms with Gasteiger partial charge in [-0.1, -0.05) is 0 Å². The molecular weight excluding hydrogens is 254 g/mol. The third-order valence-corrected chi connectivity index (χ3v) is 3.79. The lowest BCUT2D eigenvalue weighted by Crippen LogP contribution is -2.47. The molecule has 2 atom stereocenters. The van der Waals surface area contributed by atoms with Gasteiger partial charge in [0.25, 0.3) is 0 Å². The van der Waals surface area contributed by atoms with E-state index in [4.69, 9.17) is 4.74 Å². The number of piperidine rings is 1. The number of carbonyl (C=O) groups is 1. The standard InChI is InChI=1S/C15H31N3O2/c1-12(2)18(9-14-6-5-7-16-8-14)10-15(19)17-13(3)11-20-4/h12-14,16H,5-11H2,1-4H3,(H,17,19). The quantitative estimate of drug-likeness (QED) is 0.694. The molecule has 0 aromatic heterocycles. The van der Waals surface area contributed by atoms with Crippen molar-refractivity contribution in [1.29, 1.82) is 0 Å². The van der Waals surface area contributed by atoms with Crippen molar-refractivity contribution in [2.45, 2.75) is 45.7 Å². The molecule has 1 rings (SSSR count). The fourth-order valence-corrected chi connectivity index (χ4v) is 2.67. The van der Waals surface area contributed by atoms with Crippen LogP contribution in [-0.2, 0) is 9.53 Å². The molecule has 0 bridgehead atoms. The third kappa shape index (κ3) is 6.68. The van der Waals surface area contributed by atoms with Crippen molar-refractivity contribution >= 4 is 5.91 Å². The van der Waals surface area contributed by atoms with Crippen LogP contribution in [0.4, 0.5) is 0 Å². The van der Waals surface area contributed by atoms with Crippen molar-refractivity contribution in [2.24, 2.45) is 5.92 Å². The van der Waals surface area contributed by atoms with Gasteiger partial charge in [-0.2, -0.15) is 0 Å². The molecule has 2 N–H and O–H groups in total. The highest BCUT2D eigenvalue weighted by atomic mass is 16.5. The smallest absolute Gasteiger partial charge is 0.234 e. The van der Waals surface area contributed by atoms with Crippen LogP contribution in [-0.4, -0.2) is 62.8 Å². The van der Waals surface area contributed by atoms with E-state index in [1.807, 2.05) is 6.92 Å². The molecule has 0 radical (unpaired) electrons. The molecule has 1 aliphatic rings.